The molecule has 1 aliphatic heterocycles. The monoisotopic (exact) mass is 366 g/mol. The lowest BCUT2D eigenvalue weighted by molar-refractivity contribution is -0.135. The minimum absolute atomic E-state index is 0.00192. The molecule has 1 aromatic carbocycles. The highest BCUT2D eigenvalue weighted by molar-refractivity contribution is 8.32. The molecule has 0 radical (unpaired) electrons. The van der Waals surface area contributed by atoms with E-state index in [-0.39, 0.29) is 25.1 Å². The summed E-state index contributed by atoms with van der Waals surface area (Å²) in [6, 6.07) is 6.78. The number of carbonyl (C=O) groups is 3. The molecule has 2 rings (SSSR count). The van der Waals surface area contributed by atoms with Gasteiger partial charge in [-0.05, 0) is 30.4 Å². The van der Waals surface area contributed by atoms with Crippen molar-refractivity contribution in [2.24, 2.45) is 0 Å². The Balaban J connectivity index is 1.94. The lowest BCUT2D eigenvalue weighted by Gasteiger charge is -2.34. The molecule has 1 heterocycles. The third kappa shape index (κ3) is 5.86. The number of imide groups is 1. The molecule has 138 valence electrons. The summed E-state index contributed by atoms with van der Waals surface area (Å²) in [6.07, 6.45) is 7.66. The molecule has 0 spiro atoms. The van der Waals surface area contributed by atoms with Crippen LogP contribution in [0.4, 0.5) is 4.79 Å². The molecule has 6 nitrogen and oxygen atoms in total. The van der Waals surface area contributed by atoms with Crippen LogP contribution in [0, 0.1) is 0 Å². The summed E-state index contributed by atoms with van der Waals surface area (Å²) in [5.74, 6) is 0.733. The van der Waals surface area contributed by atoms with Crippen LogP contribution in [0.25, 0.3) is 0 Å². The standard InChI is InChI=1S/C18H26N2O4S/c1-25(2,3)10-9-24-14-20-17(22)7-8-19(18(20)23)12-15-5-4-6-16(11-15)13-21/h4-6,11,13H,7-10,12,14H2,1-3H3. The summed E-state index contributed by atoms with van der Waals surface area (Å²) in [5, 5.41) is 0. The molecule has 0 bridgehead atoms. The van der Waals surface area contributed by atoms with E-state index in [2.05, 4.69) is 18.8 Å². The number of hydrogen-bond acceptors (Lipinski definition) is 4. The number of amides is 3. The Bertz CT molecular complexity index is 642. The van der Waals surface area contributed by atoms with Crippen molar-refractivity contribution in [3.8, 4) is 0 Å². The average molecular weight is 366 g/mol. The van der Waals surface area contributed by atoms with Crippen LogP contribution in [0.3, 0.4) is 0 Å². The zero-order valence-electron chi connectivity index (χ0n) is 15.1. The van der Waals surface area contributed by atoms with E-state index in [9.17, 15) is 14.4 Å². The first-order valence-corrected chi connectivity index (χ1v) is 11.2. The molecule has 1 aromatic rings. The normalized spacial score (nSPS) is 16.3. The van der Waals surface area contributed by atoms with Crippen LogP contribution >= 0.6 is 10.0 Å². The molecule has 0 atom stereocenters. The predicted molar refractivity (Wildman–Crippen MR) is 100 cm³/mol. The molecule has 3 amide bonds. The summed E-state index contributed by atoms with van der Waals surface area (Å²) in [5.41, 5.74) is 1.44. The number of aldehydes is 1. The van der Waals surface area contributed by atoms with Crippen LogP contribution in [-0.2, 0) is 16.1 Å². The zero-order valence-corrected chi connectivity index (χ0v) is 15.9. The SMILES string of the molecule is CS(C)(C)CCOCN1C(=O)CCN(Cc2cccc(C=O)c2)C1=O. The maximum Gasteiger partial charge on any atom is 0.328 e. The minimum atomic E-state index is -0.665. The summed E-state index contributed by atoms with van der Waals surface area (Å²) >= 11 is 0. The first-order chi connectivity index (χ1) is 11.8. The maximum absolute atomic E-state index is 12.6. The van der Waals surface area contributed by atoms with E-state index in [1.165, 1.54) is 4.90 Å². The van der Waals surface area contributed by atoms with Crippen LogP contribution in [-0.4, -0.2) is 72.4 Å². The second-order valence-corrected chi connectivity index (χ2v) is 11.6. The zero-order chi connectivity index (χ0) is 18.4. The van der Waals surface area contributed by atoms with Gasteiger partial charge in [-0.2, -0.15) is 0 Å². The van der Waals surface area contributed by atoms with Gasteiger partial charge in [-0.1, -0.05) is 18.2 Å². The number of nitrogens with zero attached hydrogens (tertiary/aromatic N) is 2. The van der Waals surface area contributed by atoms with Crippen molar-refractivity contribution in [1.82, 2.24) is 9.80 Å². The van der Waals surface area contributed by atoms with Gasteiger partial charge in [0.05, 0.1) is 6.61 Å². The van der Waals surface area contributed by atoms with Gasteiger partial charge in [-0.3, -0.25) is 9.59 Å². The smallest absolute Gasteiger partial charge is 0.328 e. The van der Waals surface area contributed by atoms with Gasteiger partial charge in [0.15, 0.2) is 0 Å². The topological polar surface area (TPSA) is 66.9 Å². The highest BCUT2D eigenvalue weighted by atomic mass is 32.3. The van der Waals surface area contributed by atoms with Gasteiger partial charge in [-0.25, -0.2) is 19.7 Å². The van der Waals surface area contributed by atoms with Crippen molar-refractivity contribution >= 4 is 28.3 Å². The van der Waals surface area contributed by atoms with Gasteiger partial charge in [0.25, 0.3) is 0 Å². The summed E-state index contributed by atoms with van der Waals surface area (Å²) in [4.78, 5) is 38.3. The van der Waals surface area contributed by atoms with Gasteiger partial charge < -0.3 is 9.64 Å². The second-order valence-electron chi connectivity index (χ2n) is 6.97. The maximum atomic E-state index is 12.6. The van der Waals surface area contributed by atoms with Crippen molar-refractivity contribution in [3.05, 3.63) is 35.4 Å². The molecule has 0 N–H and O–H groups in total. The molecule has 1 fully saturated rings. The number of benzene rings is 1. The number of rotatable bonds is 8. The minimum Gasteiger partial charge on any atom is -0.360 e. The number of carbonyl (C=O) groups excluding carboxylic acids is 3. The molecule has 0 aromatic heterocycles. The number of urea groups is 1. The van der Waals surface area contributed by atoms with E-state index in [4.69, 9.17) is 4.74 Å². The van der Waals surface area contributed by atoms with Crippen LogP contribution in [0.1, 0.15) is 22.3 Å². The average Bonchev–Trinajstić information content (AvgIpc) is 2.56. The largest absolute Gasteiger partial charge is 0.360 e. The summed E-state index contributed by atoms with van der Waals surface area (Å²) in [7, 11) is -0.665. The third-order valence-corrected chi connectivity index (χ3v) is 5.31. The van der Waals surface area contributed by atoms with Crippen molar-refractivity contribution in [2.75, 3.05) is 44.4 Å². The lowest BCUT2D eigenvalue weighted by Crippen LogP contribution is -2.52. The van der Waals surface area contributed by atoms with Gasteiger partial charge in [-0.15, -0.1) is 0 Å². The van der Waals surface area contributed by atoms with Crippen LogP contribution < -0.4 is 0 Å². The lowest BCUT2D eigenvalue weighted by atomic mass is 10.1. The van der Waals surface area contributed by atoms with Crippen molar-refractivity contribution in [1.29, 1.82) is 0 Å². The van der Waals surface area contributed by atoms with E-state index >= 15 is 0 Å². The fourth-order valence-corrected chi connectivity index (χ4v) is 3.08. The van der Waals surface area contributed by atoms with E-state index in [0.29, 0.717) is 25.3 Å². The highest BCUT2D eigenvalue weighted by Crippen LogP contribution is 2.33. The Kier molecular flexibility index (Phi) is 6.61. The predicted octanol–water partition coefficient (Wildman–Crippen LogP) is 2.32. The fourth-order valence-electron chi connectivity index (χ4n) is 2.46. The molecule has 0 aliphatic carbocycles. The molecule has 0 saturated carbocycles. The summed E-state index contributed by atoms with van der Waals surface area (Å²) in [6.45, 7) is 1.29. The fraction of sp³-hybridized carbons (Fsp3) is 0.500. The van der Waals surface area contributed by atoms with Gasteiger partial charge in [0.2, 0.25) is 5.91 Å². The first-order valence-electron chi connectivity index (χ1n) is 8.17. The Morgan fingerprint density at radius 2 is 2.00 bits per heavy atom. The highest BCUT2D eigenvalue weighted by Gasteiger charge is 2.32. The van der Waals surface area contributed by atoms with Crippen molar-refractivity contribution < 1.29 is 19.1 Å². The summed E-state index contributed by atoms with van der Waals surface area (Å²) < 4.78 is 5.56. The molecular formula is C18H26N2O4S. The Morgan fingerprint density at radius 3 is 2.68 bits per heavy atom. The van der Waals surface area contributed by atoms with Gasteiger partial charge >= 0.3 is 6.03 Å². The van der Waals surface area contributed by atoms with Gasteiger partial charge in [0.1, 0.15) is 13.0 Å². The second kappa shape index (κ2) is 8.49. The Hall–Kier alpha value is -1.86. The number of hydrogen-bond donors (Lipinski definition) is 0. The van der Waals surface area contributed by atoms with E-state index in [1.54, 1.807) is 23.1 Å². The van der Waals surface area contributed by atoms with Crippen molar-refractivity contribution in [2.45, 2.75) is 13.0 Å². The van der Waals surface area contributed by atoms with E-state index in [0.717, 1.165) is 17.6 Å². The van der Waals surface area contributed by atoms with Crippen LogP contribution in [0.2, 0.25) is 0 Å². The molecule has 25 heavy (non-hydrogen) atoms. The first kappa shape index (κ1) is 19.5. The number of ether oxygens (including phenoxy) is 1. The third-order valence-electron chi connectivity index (χ3n) is 3.92. The van der Waals surface area contributed by atoms with Gasteiger partial charge in [0, 0.05) is 30.8 Å². The molecule has 1 aliphatic rings. The molecule has 0 unspecified atom stereocenters. The van der Waals surface area contributed by atoms with E-state index in [1.807, 2.05) is 6.07 Å². The Morgan fingerprint density at radius 1 is 1.24 bits per heavy atom. The quantitative estimate of drug-likeness (QED) is 0.523. The Labute approximate surface area is 150 Å². The van der Waals surface area contributed by atoms with E-state index < -0.39 is 10.0 Å². The van der Waals surface area contributed by atoms with Crippen LogP contribution in [0.5, 0.6) is 0 Å². The molecule has 7 heteroatoms. The molecule has 1 saturated heterocycles. The molecular weight excluding hydrogens is 340 g/mol. The van der Waals surface area contributed by atoms with Crippen LogP contribution in [0.15, 0.2) is 24.3 Å². The van der Waals surface area contributed by atoms with Crippen molar-refractivity contribution in [3.63, 3.8) is 0 Å².